The molecule has 104 valence electrons. The van der Waals surface area contributed by atoms with Crippen molar-refractivity contribution in [3.63, 3.8) is 0 Å². The standard InChI is InChI=1S/C16H17FN2O/c1-3-18-13-7-5-12(6-8-13)16(20)19-15-9-4-11(2)10-14(15)17/h4-10,18H,3H2,1-2H3,(H,19,20). The largest absolute Gasteiger partial charge is 0.385 e. The molecule has 0 radical (unpaired) electrons. The van der Waals surface area contributed by atoms with Crippen LogP contribution in [-0.2, 0) is 0 Å². The number of hydrogen-bond acceptors (Lipinski definition) is 2. The first kappa shape index (κ1) is 14.1. The lowest BCUT2D eigenvalue weighted by molar-refractivity contribution is 0.102. The summed E-state index contributed by atoms with van der Waals surface area (Å²) >= 11 is 0. The number of amides is 1. The Bertz CT molecular complexity index is 608. The number of aryl methyl sites for hydroxylation is 1. The van der Waals surface area contributed by atoms with Crippen LogP contribution >= 0.6 is 0 Å². The van der Waals surface area contributed by atoms with Gasteiger partial charge in [-0.15, -0.1) is 0 Å². The smallest absolute Gasteiger partial charge is 0.255 e. The van der Waals surface area contributed by atoms with Crippen LogP contribution in [0.3, 0.4) is 0 Å². The second-order valence-electron chi connectivity index (χ2n) is 4.55. The van der Waals surface area contributed by atoms with Crippen LogP contribution in [0.25, 0.3) is 0 Å². The number of anilines is 2. The van der Waals surface area contributed by atoms with E-state index in [1.807, 2.05) is 19.1 Å². The zero-order chi connectivity index (χ0) is 14.5. The second kappa shape index (κ2) is 6.19. The van der Waals surface area contributed by atoms with Gasteiger partial charge in [-0.1, -0.05) is 6.07 Å². The minimum atomic E-state index is -0.428. The van der Waals surface area contributed by atoms with Crippen molar-refractivity contribution in [2.75, 3.05) is 17.2 Å². The summed E-state index contributed by atoms with van der Waals surface area (Å²) < 4.78 is 13.7. The van der Waals surface area contributed by atoms with Crippen LogP contribution < -0.4 is 10.6 Å². The van der Waals surface area contributed by atoms with Crippen molar-refractivity contribution < 1.29 is 9.18 Å². The molecule has 0 heterocycles. The molecule has 1 amide bonds. The van der Waals surface area contributed by atoms with Gasteiger partial charge in [0.15, 0.2) is 0 Å². The molecule has 0 aromatic heterocycles. The molecule has 2 N–H and O–H groups in total. The van der Waals surface area contributed by atoms with E-state index in [1.54, 1.807) is 31.2 Å². The van der Waals surface area contributed by atoms with E-state index in [2.05, 4.69) is 10.6 Å². The molecule has 0 unspecified atom stereocenters. The molecule has 3 nitrogen and oxygen atoms in total. The van der Waals surface area contributed by atoms with Crippen molar-refractivity contribution >= 4 is 17.3 Å². The third-order valence-electron chi connectivity index (χ3n) is 2.90. The highest BCUT2D eigenvalue weighted by atomic mass is 19.1. The Kier molecular flexibility index (Phi) is 4.35. The normalized spacial score (nSPS) is 10.2. The molecule has 4 heteroatoms. The minimum absolute atomic E-state index is 0.191. The van der Waals surface area contributed by atoms with Crippen molar-refractivity contribution in [2.24, 2.45) is 0 Å². The molecular formula is C16H17FN2O. The van der Waals surface area contributed by atoms with E-state index in [4.69, 9.17) is 0 Å². The van der Waals surface area contributed by atoms with Crippen LogP contribution in [0.15, 0.2) is 42.5 Å². The Labute approximate surface area is 117 Å². The van der Waals surface area contributed by atoms with Crippen molar-refractivity contribution in [2.45, 2.75) is 13.8 Å². The molecule has 0 saturated heterocycles. The number of carbonyl (C=O) groups is 1. The van der Waals surface area contributed by atoms with Crippen LogP contribution in [0.1, 0.15) is 22.8 Å². The first-order valence-electron chi connectivity index (χ1n) is 6.51. The lowest BCUT2D eigenvalue weighted by atomic mass is 10.1. The lowest BCUT2D eigenvalue weighted by Crippen LogP contribution is -2.13. The predicted molar refractivity (Wildman–Crippen MR) is 79.7 cm³/mol. The average Bonchev–Trinajstić information content (AvgIpc) is 2.43. The molecule has 0 bridgehead atoms. The number of carbonyl (C=O) groups excluding carboxylic acids is 1. The van der Waals surface area contributed by atoms with Crippen LogP contribution in [0, 0.1) is 12.7 Å². The molecule has 0 fully saturated rings. The third-order valence-corrected chi connectivity index (χ3v) is 2.90. The number of halogens is 1. The fourth-order valence-corrected chi connectivity index (χ4v) is 1.86. The van der Waals surface area contributed by atoms with Gasteiger partial charge in [-0.05, 0) is 55.8 Å². The fraction of sp³-hybridized carbons (Fsp3) is 0.188. The molecule has 2 aromatic rings. The molecule has 20 heavy (non-hydrogen) atoms. The minimum Gasteiger partial charge on any atom is -0.385 e. The molecule has 0 spiro atoms. The molecule has 0 aliphatic heterocycles. The Morgan fingerprint density at radius 3 is 2.45 bits per heavy atom. The fourth-order valence-electron chi connectivity index (χ4n) is 1.86. The summed E-state index contributed by atoms with van der Waals surface area (Å²) in [4.78, 5) is 12.0. The third kappa shape index (κ3) is 3.35. The topological polar surface area (TPSA) is 41.1 Å². The van der Waals surface area contributed by atoms with Gasteiger partial charge in [0.05, 0.1) is 5.69 Å². The highest BCUT2D eigenvalue weighted by molar-refractivity contribution is 6.04. The number of rotatable bonds is 4. The summed E-state index contributed by atoms with van der Waals surface area (Å²) in [6.45, 7) is 4.62. The van der Waals surface area contributed by atoms with E-state index in [9.17, 15) is 9.18 Å². The van der Waals surface area contributed by atoms with Gasteiger partial charge >= 0.3 is 0 Å². The van der Waals surface area contributed by atoms with Gasteiger partial charge in [0.1, 0.15) is 5.82 Å². The van der Waals surface area contributed by atoms with Crippen molar-refractivity contribution in [3.8, 4) is 0 Å². The van der Waals surface area contributed by atoms with Gasteiger partial charge in [-0.3, -0.25) is 4.79 Å². The molecular weight excluding hydrogens is 255 g/mol. The second-order valence-corrected chi connectivity index (χ2v) is 4.55. The highest BCUT2D eigenvalue weighted by Gasteiger charge is 2.09. The zero-order valence-corrected chi connectivity index (χ0v) is 11.5. The first-order valence-corrected chi connectivity index (χ1v) is 6.51. The Hall–Kier alpha value is -2.36. The highest BCUT2D eigenvalue weighted by Crippen LogP contribution is 2.17. The Morgan fingerprint density at radius 2 is 1.85 bits per heavy atom. The number of hydrogen-bond donors (Lipinski definition) is 2. The van der Waals surface area contributed by atoms with Crippen LogP contribution in [0.2, 0.25) is 0 Å². The van der Waals surface area contributed by atoms with E-state index in [0.29, 0.717) is 5.56 Å². The van der Waals surface area contributed by atoms with E-state index >= 15 is 0 Å². The molecule has 0 atom stereocenters. The maximum Gasteiger partial charge on any atom is 0.255 e. The molecule has 2 aromatic carbocycles. The first-order chi connectivity index (χ1) is 9.60. The van der Waals surface area contributed by atoms with Gasteiger partial charge in [0.25, 0.3) is 5.91 Å². The monoisotopic (exact) mass is 272 g/mol. The van der Waals surface area contributed by atoms with Gasteiger partial charge in [-0.2, -0.15) is 0 Å². The predicted octanol–water partition coefficient (Wildman–Crippen LogP) is 3.82. The van der Waals surface area contributed by atoms with Crippen LogP contribution in [-0.4, -0.2) is 12.5 Å². The molecule has 2 rings (SSSR count). The van der Waals surface area contributed by atoms with E-state index < -0.39 is 5.82 Å². The summed E-state index contributed by atoms with van der Waals surface area (Å²) in [6, 6.07) is 11.8. The summed E-state index contributed by atoms with van der Waals surface area (Å²) in [5, 5.41) is 5.72. The van der Waals surface area contributed by atoms with Crippen LogP contribution in [0.5, 0.6) is 0 Å². The summed E-state index contributed by atoms with van der Waals surface area (Å²) in [7, 11) is 0. The number of nitrogens with one attached hydrogen (secondary N) is 2. The Morgan fingerprint density at radius 1 is 1.15 bits per heavy atom. The molecule has 0 saturated carbocycles. The maximum atomic E-state index is 13.7. The van der Waals surface area contributed by atoms with Crippen molar-refractivity contribution in [1.82, 2.24) is 0 Å². The van der Waals surface area contributed by atoms with Crippen molar-refractivity contribution in [3.05, 3.63) is 59.4 Å². The van der Waals surface area contributed by atoms with Gasteiger partial charge in [0.2, 0.25) is 0 Å². The summed E-state index contributed by atoms with van der Waals surface area (Å²) in [5.74, 6) is -0.751. The van der Waals surface area contributed by atoms with Gasteiger partial charge in [-0.25, -0.2) is 4.39 Å². The quantitative estimate of drug-likeness (QED) is 0.888. The lowest BCUT2D eigenvalue weighted by Gasteiger charge is -2.08. The van der Waals surface area contributed by atoms with Gasteiger partial charge in [0, 0.05) is 17.8 Å². The maximum absolute atomic E-state index is 13.7. The summed E-state index contributed by atoms with van der Waals surface area (Å²) in [5.41, 5.74) is 2.45. The zero-order valence-electron chi connectivity index (χ0n) is 11.5. The summed E-state index contributed by atoms with van der Waals surface area (Å²) in [6.07, 6.45) is 0. The molecule has 0 aliphatic carbocycles. The van der Waals surface area contributed by atoms with E-state index in [1.165, 1.54) is 6.07 Å². The molecule has 0 aliphatic rings. The van der Waals surface area contributed by atoms with Crippen molar-refractivity contribution in [1.29, 1.82) is 0 Å². The average molecular weight is 272 g/mol. The van der Waals surface area contributed by atoms with E-state index in [0.717, 1.165) is 17.8 Å². The number of benzene rings is 2. The Balaban J connectivity index is 2.11. The van der Waals surface area contributed by atoms with Gasteiger partial charge < -0.3 is 10.6 Å². The van der Waals surface area contributed by atoms with Crippen LogP contribution in [0.4, 0.5) is 15.8 Å². The SMILES string of the molecule is CCNc1ccc(C(=O)Nc2ccc(C)cc2F)cc1. The van der Waals surface area contributed by atoms with E-state index in [-0.39, 0.29) is 11.6 Å².